The van der Waals surface area contributed by atoms with Crippen LogP contribution in [0.25, 0.3) is 4.98 Å². The summed E-state index contributed by atoms with van der Waals surface area (Å²) in [6.45, 7) is 10.9. The molecule has 34 heavy (non-hydrogen) atoms. The first kappa shape index (κ1) is 24.7. The van der Waals surface area contributed by atoms with Crippen molar-refractivity contribution in [2.75, 3.05) is 6.54 Å². The predicted octanol–water partition coefficient (Wildman–Crippen LogP) is 5.67. The Hall–Kier alpha value is -2.43. The van der Waals surface area contributed by atoms with Crippen LogP contribution >= 0.6 is 0 Å². The van der Waals surface area contributed by atoms with Gasteiger partial charge >= 0.3 is 5.69 Å². The Morgan fingerprint density at radius 3 is 2.62 bits per heavy atom. The van der Waals surface area contributed by atoms with Crippen LogP contribution in [0.2, 0.25) is 0 Å². The summed E-state index contributed by atoms with van der Waals surface area (Å²) in [4.78, 5) is 2.93. The van der Waals surface area contributed by atoms with E-state index in [9.17, 15) is 13.5 Å². The molecule has 7 heteroatoms. The van der Waals surface area contributed by atoms with Gasteiger partial charge in [0, 0.05) is 6.54 Å². The summed E-state index contributed by atoms with van der Waals surface area (Å²) >= 11 is 0. The van der Waals surface area contributed by atoms with Gasteiger partial charge in [0.1, 0.15) is 0 Å². The van der Waals surface area contributed by atoms with Crippen molar-refractivity contribution in [3.05, 3.63) is 57.6 Å². The fourth-order valence-corrected chi connectivity index (χ4v) is 8.00. The molecule has 4 rings (SSSR count). The average molecular weight is 482 g/mol. The first-order valence-electron chi connectivity index (χ1n) is 12.2. The van der Waals surface area contributed by atoms with Crippen molar-refractivity contribution in [2.45, 2.75) is 83.0 Å². The summed E-state index contributed by atoms with van der Waals surface area (Å²) in [5, 5.41) is 21.0. The van der Waals surface area contributed by atoms with E-state index in [4.69, 9.17) is 5.39 Å². The Balaban J connectivity index is 1.62. The van der Waals surface area contributed by atoms with Crippen LogP contribution in [0.3, 0.4) is 0 Å². The molecule has 1 saturated carbocycles. The Morgan fingerprint density at radius 2 is 1.94 bits per heavy atom. The van der Waals surface area contributed by atoms with Gasteiger partial charge in [0.05, 0.1) is 11.0 Å². The molecule has 0 bridgehead atoms. The maximum Gasteiger partial charge on any atom is 0.378 e. The van der Waals surface area contributed by atoms with Gasteiger partial charge in [-0.05, 0) is 83.3 Å². The fraction of sp³-hybridized carbons (Fsp3) is 0.556. The van der Waals surface area contributed by atoms with E-state index in [1.807, 2.05) is 0 Å². The summed E-state index contributed by atoms with van der Waals surface area (Å²) < 4.78 is 29.3. The molecule has 0 radical (unpaired) electrons. The minimum Gasteiger partial charge on any atom is -0.867 e. The van der Waals surface area contributed by atoms with Crippen LogP contribution in [0.1, 0.15) is 81.5 Å². The van der Waals surface area contributed by atoms with Gasteiger partial charge in [-0.3, -0.25) is 0 Å². The summed E-state index contributed by atoms with van der Waals surface area (Å²) in [7, 11) is -3.87. The van der Waals surface area contributed by atoms with Crippen molar-refractivity contribution in [1.29, 1.82) is 5.39 Å². The van der Waals surface area contributed by atoms with Gasteiger partial charge < -0.3 is 5.11 Å². The molecule has 2 aliphatic carbocycles. The zero-order valence-corrected chi connectivity index (χ0v) is 21.6. The van der Waals surface area contributed by atoms with Gasteiger partial charge in [0.2, 0.25) is 15.4 Å². The van der Waals surface area contributed by atoms with Crippen LogP contribution in [0.5, 0.6) is 5.75 Å². The Kier molecular flexibility index (Phi) is 6.28. The first-order valence-corrected chi connectivity index (χ1v) is 13.7. The van der Waals surface area contributed by atoms with Crippen molar-refractivity contribution >= 4 is 15.7 Å². The van der Waals surface area contributed by atoms with Crippen LogP contribution < -0.4 is 9.83 Å². The van der Waals surface area contributed by atoms with Crippen molar-refractivity contribution < 1.29 is 13.5 Å². The lowest BCUT2D eigenvalue weighted by molar-refractivity contribution is -0.267. The molecule has 6 nitrogen and oxygen atoms in total. The number of benzene rings is 2. The van der Waals surface area contributed by atoms with Gasteiger partial charge in [0.15, 0.2) is 4.98 Å². The molecule has 0 unspecified atom stereocenters. The minimum atomic E-state index is -3.87. The topological polar surface area (TPSA) is 97.4 Å². The Bertz CT molecular complexity index is 1260. The second kappa shape index (κ2) is 8.66. The molecule has 0 saturated heterocycles. The van der Waals surface area contributed by atoms with Crippen molar-refractivity contribution in [3.8, 4) is 5.75 Å². The van der Waals surface area contributed by atoms with Gasteiger partial charge in [-0.2, -0.15) is 0 Å². The molecule has 3 atom stereocenters. The number of hydrogen-bond acceptors (Lipinski definition) is 4. The lowest BCUT2D eigenvalue weighted by Crippen LogP contribution is -2.53. The molecule has 0 aromatic heterocycles. The van der Waals surface area contributed by atoms with Gasteiger partial charge in [-0.1, -0.05) is 58.4 Å². The summed E-state index contributed by atoms with van der Waals surface area (Å²) in [6.07, 6.45) is 5.18. The number of nitrogens with one attached hydrogen (secondary N) is 1. The predicted molar refractivity (Wildman–Crippen MR) is 132 cm³/mol. The minimum absolute atomic E-state index is 0.0164. The van der Waals surface area contributed by atoms with Crippen molar-refractivity contribution in [2.24, 2.45) is 11.3 Å². The van der Waals surface area contributed by atoms with E-state index in [1.165, 1.54) is 22.8 Å². The normalized spacial score (nSPS) is 26.6. The first-order chi connectivity index (χ1) is 15.9. The number of aryl methyl sites for hydroxylation is 2. The lowest BCUT2D eigenvalue weighted by Gasteiger charge is -2.55. The Morgan fingerprint density at radius 1 is 1.21 bits per heavy atom. The van der Waals surface area contributed by atoms with E-state index >= 15 is 0 Å². The van der Waals surface area contributed by atoms with Crippen LogP contribution in [-0.2, 0) is 21.9 Å². The number of diazo groups is 1. The highest BCUT2D eigenvalue weighted by atomic mass is 32.2. The number of sulfonamides is 1. The number of rotatable bonds is 5. The van der Waals surface area contributed by atoms with E-state index in [0.29, 0.717) is 23.9 Å². The molecular formula is C27H35N3O3S. The van der Waals surface area contributed by atoms with Crippen LogP contribution in [0.4, 0.5) is 5.69 Å². The highest BCUT2D eigenvalue weighted by molar-refractivity contribution is 7.89. The summed E-state index contributed by atoms with van der Waals surface area (Å²) in [6, 6.07) is 9.31. The third-order valence-electron chi connectivity index (χ3n) is 8.49. The third-order valence-corrected chi connectivity index (χ3v) is 10.0. The SMILES string of the molecule is Cc1cc([O-])c([N+]#N)cc1S(=O)(=O)NC[C@@]1(C)CCC[C@]2(C)c3ccc(C(C)C)cc3CC[C@@H]12. The molecule has 0 amide bonds. The van der Waals surface area contributed by atoms with Crippen molar-refractivity contribution in [1.82, 2.24) is 4.72 Å². The van der Waals surface area contributed by atoms with Gasteiger partial charge in [-0.25, -0.2) is 13.1 Å². The molecule has 1 N–H and O–H groups in total. The largest absolute Gasteiger partial charge is 0.867 e. The van der Waals surface area contributed by atoms with Crippen molar-refractivity contribution in [3.63, 3.8) is 0 Å². The maximum atomic E-state index is 13.2. The number of nitrogens with zero attached hydrogens (tertiary/aromatic N) is 2. The number of fused-ring (bicyclic) bond motifs is 3. The van der Waals surface area contributed by atoms with Gasteiger partial charge in [-0.15, -0.1) is 0 Å². The zero-order valence-electron chi connectivity index (χ0n) is 20.8. The van der Waals surface area contributed by atoms with Crippen LogP contribution in [0.15, 0.2) is 35.2 Å². The fourth-order valence-electron chi connectivity index (χ4n) is 6.57. The summed E-state index contributed by atoms with van der Waals surface area (Å²) in [5.41, 5.74) is 4.15. The molecule has 0 heterocycles. The highest BCUT2D eigenvalue weighted by Crippen LogP contribution is 2.57. The monoisotopic (exact) mass is 481 g/mol. The molecule has 1 fully saturated rings. The second-order valence-corrected chi connectivity index (χ2v) is 12.8. The van der Waals surface area contributed by atoms with Gasteiger partial charge in [0.25, 0.3) is 0 Å². The summed E-state index contributed by atoms with van der Waals surface area (Å²) in [5.74, 6) is 0.359. The zero-order chi connectivity index (χ0) is 24.9. The lowest BCUT2D eigenvalue weighted by atomic mass is 9.50. The van der Waals surface area contributed by atoms with E-state index in [2.05, 4.69) is 55.6 Å². The van der Waals surface area contributed by atoms with Crippen LogP contribution in [0, 0.1) is 23.6 Å². The molecule has 2 aliphatic rings. The Labute approximate surface area is 203 Å². The standard InChI is InChI=1S/C27H35N3O3S/c1-17(2)19-7-9-21-20(14-19)8-10-25-26(4,11-6-12-27(21,25)5)16-29-34(32,33)24-15-22(30-28)23(31)13-18(24)3/h7,9,13-15,17,25,29H,6,8,10-12,16H2,1-5H3/t25-,26+,27+/m0/s1. The van der Waals surface area contributed by atoms with Crippen LogP contribution in [-0.4, -0.2) is 15.0 Å². The molecule has 2 aromatic rings. The average Bonchev–Trinajstić information content (AvgIpc) is 2.77. The molecule has 2 aromatic carbocycles. The number of hydrogen-bond donors (Lipinski definition) is 1. The second-order valence-electron chi connectivity index (χ2n) is 11.1. The van der Waals surface area contributed by atoms with E-state index in [1.54, 1.807) is 6.92 Å². The molecule has 0 spiro atoms. The quantitative estimate of drug-likeness (QED) is 0.557. The van der Waals surface area contributed by atoms with E-state index in [0.717, 1.165) is 38.2 Å². The maximum absolute atomic E-state index is 13.2. The smallest absolute Gasteiger partial charge is 0.378 e. The van der Waals surface area contributed by atoms with E-state index in [-0.39, 0.29) is 21.4 Å². The van der Waals surface area contributed by atoms with E-state index < -0.39 is 15.8 Å². The highest BCUT2D eigenvalue weighted by Gasteiger charge is 2.51. The third kappa shape index (κ3) is 4.12. The molecular weight excluding hydrogens is 446 g/mol. The molecule has 182 valence electrons. The molecule has 0 aliphatic heterocycles.